The molecule has 0 bridgehead atoms. The average Bonchev–Trinajstić information content (AvgIpc) is 2.80. The van der Waals surface area contributed by atoms with Crippen LogP contribution in [0, 0.1) is 13.8 Å². The Balaban J connectivity index is 2.39. The Bertz CT molecular complexity index is 547. The largest absolute Gasteiger partial charge is 0.464 e. The molecule has 0 aliphatic carbocycles. The zero-order valence-corrected chi connectivity index (χ0v) is 12.4. The molecule has 102 valence electrons. The van der Waals surface area contributed by atoms with E-state index in [1.807, 2.05) is 37.3 Å². The van der Waals surface area contributed by atoms with Gasteiger partial charge in [0, 0.05) is 5.02 Å². The van der Waals surface area contributed by atoms with Gasteiger partial charge in [-0.05, 0) is 62.2 Å². The van der Waals surface area contributed by atoms with E-state index in [1.165, 1.54) is 11.1 Å². The van der Waals surface area contributed by atoms with Crippen molar-refractivity contribution in [3.63, 3.8) is 0 Å². The van der Waals surface area contributed by atoms with E-state index in [4.69, 9.17) is 16.0 Å². The van der Waals surface area contributed by atoms with E-state index in [0.29, 0.717) is 0 Å². The summed E-state index contributed by atoms with van der Waals surface area (Å²) in [6.45, 7) is 7.16. The molecule has 2 nitrogen and oxygen atoms in total. The summed E-state index contributed by atoms with van der Waals surface area (Å²) in [7, 11) is 0. The van der Waals surface area contributed by atoms with E-state index in [1.54, 1.807) is 0 Å². The molecule has 1 unspecified atom stereocenters. The van der Waals surface area contributed by atoms with Gasteiger partial charge in [0.15, 0.2) is 0 Å². The summed E-state index contributed by atoms with van der Waals surface area (Å²) in [5.41, 5.74) is 2.39. The topological polar surface area (TPSA) is 25.2 Å². The highest BCUT2D eigenvalue weighted by atomic mass is 35.5. The van der Waals surface area contributed by atoms with Gasteiger partial charge in [0.25, 0.3) is 0 Å². The minimum Gasteiger partial charge on any atom is -0.464 e. The second kappa shape index (κ2) is 6.27. The van der Waals surface area contributed by atoms with Crippen LogP contribution in [0.5, 0.6) is 0 Å². The first-order valence-corrected chi connectivity index (χ1v) is 7.05. The van der Waals surface area contributed by atoms with E-state index in [0.717, 1.165) is 29.5 Å². The lowest BCUT2D eigenvalue weighted by Gasteiger charge is -2.19. The van der Waals surface area contributed by atoms with Crippen molar-refractivity contribution < 1.29 is 4.42 Å². The van der Waals surface area contributed by atoms with Crippen molar-refractivity contribution in [3.8, 4) is 0 Å². The average molecular weight is 278 g/mol. The zero-order valence-electron chi connectivity index (χ0n) is 11.7. The fourth-order valence-corrected chi connectivity index (χ4v) is 2.36. The van der Waals surface area contributed by atoms with E-state index < -0.39 is 0 Å². The summed E-state index contributed by atoms with van der Waals surface area (Å²) in [4.78, 5) is 0. The highest BCUT2D eigenvalue weighted by Crippen LogP contribution is 2.28. The molecule has 0 spiro atoms. The molecule has 0 saturated carbocycles. The van der Waals surface area contributed by atoms with Crippen LogP contribution in [0.25, 0.3) is 0 Å². The van der Waals surface area contributed by atoms with Crippen LogP contribution in [0.2, 0.25) is 5.02 Å². The smallest absolute Gasteiger partial charge is 0.125 e. The van der Waals surface area contributed by atoms with Crippen LogP contribution in [-0.4, -0.2) is 6.54 Å². The van der Waals surface area contributed by atoms with E-state index in [9.17, 15) is 0 Å². The maximum Gasteiger partial charge on any atom is 0.125 e. The summed E-state index contributed by atoms with van der Waals surface area (Å²) in [6.07, 6.45) is 1.08. The Morgan fingerprint density at radius 2 is 2.00 bits per heavy atom. The molecule has 0 amide bonds. The predicted octanol–water partition coefficient (Wildman–Crippen LogP) is 4.64. The summed E-state index contributed by atoms with van der Waals surface area (Å²) in [5, 5.41) is 4.29. The fraction of sp³-hybridized carbons (Fsp3) is 0.375. The van der Waals surface area contributed by atoms with Gasteiger partial charge in [-0.25, -0.2) is 0 Å². The first kappa shape index (κ1) is 14.2. The molecule has 2 aromatic rings. The first-order chi connectivity index (χ1) is 9.11. The third-order valence-electron chi connectivity index (χ3n) is 3.20. The molecule has 1 atom stereocenters. The second-order valence-electron chi connectivity index (χ2n) is 4.84. The van der Waals surface area contributed by atoms with E-state index in [2.05, 4.69) is 19.2 Å². The third-order valence-corrected chi connectivity index (χ3v) is 3.43. The highest BCUT2D eigenvalue weighted by Gasteiger charge is 2.19. The summed E-state index contributed by atoms with van der Waals surface area (Å²) < 4.78 is 5.79. The minimum absolute atomic E-state index is 0.0624. The maximum absolute atomic E-state index is 6.13. The number of hydrogen-bond acceptors (Lipinski definition) is 2. The second-order valence-corrected chi connectivity index (χ2v) is 5.27. The predicted molar refractivity (Wildman–Crippen MR) is 79.8 cm³/mol. The van der Waals surface area contributed by atoms with Gasteiger partial charge in [-0.2, -0.15) is 0 Å². The standard InChI is InChI=1S/C16H20ClNO/c1-4-9-18-16(15-8-6-12(3)19-15)14-10-13(17)7-5-11(14)2/h5-8,10,16,18H,4,9H2,1-3H3. The fourth-order valence-electron chi connectivity index (χ4n) is 2.18. The number of hydrogen-bond donors (Lipinski definition) is 1. The Hall–Kier alpha value is -1.25. The van der Waals surface area contributed by atoms with Gasteiger partial charge in [0.05, 0.1) is 6.04 Å². The van der Waals surface area contributed by atoms with Crippen molar-refractivity contribution in [1.29, 1.82) is 0 Å². The molecule has 1 aromatic carbocycles. The zero-order chi connectivity index (χ0) is 13.8. The molecule has 1 aromatic heterocycles. The monoisotopic (exact) mass is 277 g/mol. The lowest BCUT2D eigenvalue weighted by Crippen LogP contribution is -2.23. The van der Waals surface area contributed by atoms with Crippen molar-refractivity contribution in [2.75, 3.05) is 6.54 Å². The molecule has 0 aliphatic heterocycles. The lowest BCUT2D eigenvalue weighted by molar-refractivity contribution is 0.430. The Kier molecular flexibility index (Phi) is 4.67. The van der Waals surface area contributed by atoms with E-state index in [-0.39, 0.29) is 6.04 Å². The highest BCUT2D eigenvalue weighted by molar-refractivity contribution is 6.30. The molecule has 3 heteroatoms. The first-order valence-electron chi connectivity index (χ1n) is 6.67. The number of benzene rings is 1. The Labute approximate surface area is 119 Å². The molecule has 0 saturated heterocycles. The van der Waals surface area contributed by atoms with Gasteiger partial charge in [-0.1, -0.05) is 24.6 Å². The summed E-state index contributed by atoms with van der Waals surface area (Å²) >= 11 is 6.13. The van der Waals surface area contributed by atoms with Crippen molar-refractivity contribution in [2.24, 2.45) is 0 Å². The third kappa shape index (κ3) is 3.40. The van der Waals surface area contributed by atoms with Crippen LogP contribution in [0.1, 0.15) is 42.0 Å². The maximum atomic E-state index is 6.13. The van der Waals surface area contributed by atoms with Crippen LogP contribution in [0.4, 0.5) is 0 Å². The van der Waals surface area contributed by atoms with Gasteiger partial charge >= 0.3 is 0 Å². The van der Waals surface area contributed by atoms with Crippen LogP contribution < -0.4 is 5.32 Å². The quantitative estimate of drug-likeness (QED) is 0.861. The van der Waals surface area contributed by atoms with Crippen LogP contribution in [-0.2, 0) is 0 Å². The van der Waals surface area contributed by atoms with Crippen molar-refractivity contribution in [1.82, 2.24) is 5.32 Å². The van der Waals surface area contributed by atoms with Gasteiger partial charge < -0.3 is 9.73 Å². The van der Waals surface area contributed by atoms with Crippen LogP contribution in [0.15, 0.2) is 34.7 Å². The molecule has 2 rings (SSSR count). The molecule has 1 heterocycles. The SMILES string of the molecule is CCCNC(c1ccc(C)o1)c1cc(Cl)ccc1C. The van der Waals surface area contributed by atoms with Gasteiger partial charge in [-0.15, -0.1) is 0 Å². The van der Waals surface area contributed by atoms with Crippen molar-refractivity contribution in [2.45, 2.75) is 33.2 Å². The molecule has 0 radical (unpaired) electrons. The lowest BCUT2D eigenvalue weighted by atomic mass is 9.99. The molecule has 1 N–H and O–H groups in total. The normalized spacial score (nSPS) is 12.6. The molecule has 0 fully saturated rings. The summed E-state index contributed by atoms with van der Waals surface area (Å²) in [6, 6.07) is 10.1. The minimum atomic E-state index is 0.0624. The molecular weight excluding hydrogens is 258 g/mol. The van der Waals surface area contributed by atoms with Crippen LogP contribution in [0.3, 0.4) is 0 Å². The van der Waals surface area contributed by atoms with Crippen molar-refractivity contribution in [3.05, 3.63) is 58.0 Å². The van der Waals surface area contributed by atoms with Crippen molar-refractivity contribution >= 4 is 11.6 Å². The molecule has 0 aliphatic rings. The van der Waals surface area contributed by atoms with Crippen LogP contribution >= 0.6 is 11.6 Å². The van der Waals surface area contributed by atoms with Gasteiger partial charge in [-0.3, -0.25) is 0 Å². The van der Waals surface area contributed by atoms with Gasteiger partial charge in [0.2, 0.25) is 0 Å². The number of halogens is 1. The Morgan fingerprint density at radius 3 is 2.63 bits per heavy atom. The number of furan rings is 1. The van der Waals surface area contributed by atoms with Gasteiger partial charge in [0.1, 0.15) is 11.5 Å². The molecular formula is C16H20ClNO. The van der Waals surface area contributed by atoms with E-state index >= 15 is 0 Å². The number of nitrogens with one attached hydrogen (secondary N) is 1. The number of aryl methyl sites for hydroxylation is 2. The summed E-state index contributed by atoms with van der Waals surface area (Å²) in [5.74, 6) is 1.87. The Morgan fingerprint density at radius 1 is 1.21 bits per heavy atom. The number of rotatable bonds is 5. The molecule has 19 heavy (non-hydrogen) atoms.